The average molecular weight is 480 g/mol. The number of hydrogen-bond acceptors (Lipinski definition) is 6. The number of carbonyl (C=O) groups excluding carboxylic acids is 2. The van der Waals surface area contributed by atoms with Crippen LogP contribution in [0.3, 0.4) is 0 Å². The number of methoxy groups -OCH3 is 1. The van der Waals surface area contributed by atoms with Crippen LogP contribution in [0.25, 0.3) is 17.2 Å². The van der Waals surface area contributed by atoms with Crippen LogP contribution in [-0.4, -0.2) is 32.4 Å². The van der Waals surface area contributed by atoms with E-state index in [1.165, 1.54) is 23.0 Å². The van der Waals surface area contributed by atoms with E-state index >= 15 is 0 Å². The Morgan fingerprint density at radius 1 is 1.06 bits per heavy atom. The molecule has 0 saturated carbocycles. The molecule has 0 spiro atoms. The zero-order chi connectivity index (χ0) is 24.5. The molecule has 0 aliphatic rings. The van der Waals surface area contributed by atoms with Gasteiger partial charge in [0.05, 0.1) is 6.61 Å². The van der Waals surface area contributed by atoms with Gasteiger partial charge in [-0.1, -0.05) is 50.2 Å². The number of hydrogen-bond donors (Lipinski definition) is 1. The predicted molar refractivity (Wildman–Crippen MR) is 136 cm³/mol. The first-order chi connectivity index (χ1) is 16.4. The zero-order valence-corrected chi connectivity index (χ0v) is 20.6. The van der Waals surface area contributed by atoms with Gasteiger partial charge in [-0.2, -0.15) is 0 Å². The molecule has 3 aromatic rings. The fraction of sp³-hybridized carbons (Fsp3) is 0.259. The molecule has 2 aromatic carbocycles. The third kappa shape index (κ3) is 6.56. The molecule has 0 unspecified atom stereocenters. The fourth-order valence-electron chi connectivity index (χ4n) is 3.24. The van der Waals surface area contributed by atoms with Crippen molar-refractivity contribution < 1.29 is 23.8 Å². The summed E-state index contributed by atoms with van der Waals surface area (Å²) in [7, 11) is 1.56. The molecular weight excluding hydrogens is 450 g/mol. The van der Waals surface area contributed by atoms with Crippen molar-refractivity contribution in [3.63, 3.8) is 0 Å². The van der Waals surface area contributed by atoms with Gasteiger partial charge in [-0.25, -0.2) is 4.79 Å². The van der Waals surface area contributed by atoms with Gasteiger partial charge in [0.25, 0.3) is 0 Å². The van der Waals surface area contributed by atoms with Crippen LogP contribution in [0, 0.1) is 0 Å². The van der Waals surface area contributed by atoms with Crippen LogP contribution in [-0.2, 0) is 14.3 Å². The zero-order valence-electron chi connectivity index (χ0n) is 19.8. The van der Waals surface area contributed by atoms with Gasteiger partial charge < -0.3 is 19.5 Å². The molecule has 34 heavy (non-hydrogen) atoms. The molecule has 1 N–H and O–H groups in total. The summed E-state index contributed by atoms with van der Waals surface area (Å²) in [5, 5.41) is 5.16. The molecule has 0 aliphatic heterocycles. The lowest BCUT2D eigenvalue weighted by atomic mass is 9.98. The third-order valence-corrected chi connectivity index (χ3v) is 5.94. The van der Waals surface area contributed by atoms with E-state index in [4.69, 9.17) is 14.2 Å². The second kappa shape index (κ2) is 12.2. The minimum Gasteiger partial charge on any atom is -0.468 e. The standard InChI is InChI=1S/C27H29NO5S/c1-5-32-27(30)25-23(21-11-9-20(10-12-21)18(2)3)16-34-26(25)28-24(29)15-8-19-6-13-22(14-7-19)33-17-31-4/h6-16,18H,5,17H2,1-4H3,(H,28,29)/b15-8+. The Labute approximate surface area is 204 Å². The number of esters is 1. The van der Waals surface area contributed by atoms with E-state index in [0.717, 1.165) is 16.7 Å². The quantitative estimate of drug-likeness (QED) is 0.208. The summed E-state index contributed by atoms with van der Waals surface area (Å²) in [6.45, 7) is 6.44. The van der Waals surface area contributed by atoms with Gasteiger partial charge in [-0.05, 0) is 47.7 Å². The Kier molecular flexibility index (Phi) is 9.01. The van der Waals surface area contributed by atoms with Gasteiger partial charge in [0.15, 0.2) is 6.79 Å². The first-order valence-corrected chi connectivity index (χ1v) is 11.9. The molecule has 3 rings (SSSR count). The molecule has 6 nitrogen and oxygen atoms in total. The Morgan fingerprint density at radius 2 is 1.76 bits per heavy atom. The third-order valence-electron chi connectivity index (χ3n) is 5.05. The Balaban J connectivity index is 1.78. The van der Waals surface area contributed by atoms with Gasteiger partial charge in [0.1, 0.15) is 16.3 Å². The van der Waals surface area contributed by atoms with Crippen LogP contribution < -0.4 is 10.1 Å². The Hall–Kier alpha value is -3.42. The summed E-state index contributed by atoms with van der Waals surface area (Å²) in [6, 6.07) is 15.4. The normalized spacial score (nSPS) is 11.1. The number of rotatable bonds is 10. The van der Waals surface area contributed by atoms with Crippen molar-refractivity contribution in [1.29, 1.82) is 0 Å². The monoisotopic (exact) mass is 479 g/mol. The minimum absolute atomic E-state index is 0.172. The van der Waals surface area contributed by atoms with Crippen molar-refractivity contribution >= 4 is 34.3 Å². The maximum absolute atomic E-state index is 12.8. The van der Waals surface area contributed by atoms with E-state index in [9.17, 15) is 9.59 Å². The summed E-state index contributed by atoms with van der Waals surface area (Å²) >= 11 is 1.30. The molecule has 0 atom stereocenters. The van der Waals surface area contributed by atoms with Crippen molar-refractivity contribution in [2.75, 3.05) is 25.8 Å². The van der Waals surface area contributed by atoms with E-state index in [2.05, 4.69) is 31.3 Å². The molecule has 1 amide bonds. The highest BCUT2D eigenvalue weighted by Crippen LogP contribution is 2.36. The molecule has 178 valence electrons. The van der Waals surface area contributed by atoms with E-state index < -0.39 is 5.97 Å². The van der Waals surface area contributed by atoms with E-state index in [1.807, 2.05) is 29.6 Å². The highest BCUT2D eigenvalue weighted by Gasteiger charge is 2.22. The molecule has 0 saturated heterocycles. The maximum atomic E-state index is 12.8. The number of benzene rings is 2. The van der Waals surface area contributed by atoms with Crippen LogP contribution in [0.15, 0.2) is 60.0 Å². The lowest BCUT2D eigenvalue weighted by molar-refractivity contribution is -0.111. The smallest absolute Gasteiger partial charge is 0.341 e. The number of anilines is 1. The summed E-state index contributed by atoms with van der Waals surface area (Å²) in [6.07, 6.45) is 3.12. The van der Waals surface area contributed by atoms with Gasteiger partial charge in [-0.3, -0.25) is 4.79 Å². The molecule has 1 aromatic heterocycles. The van der Waals surface area contributed by atoms with Crippen molar-refractivity contribution in [2.24, 2.45) is 0 Å². The average Bonchev–Trinajstić information content (AvgIpc) is 3.25. The summed E-state index contributed by atoms with van der Waals surface area (Å²) in [5.41, 5.74) is 4.06. The largest absolute Gasteiger partial charge is 0.468 e. The first-order valence-electron chi connectivity index (χ1n) is 11.0. The van der Waals surface area contributed by atoms with Crippen molar-refractivity contribution in [3.05, 3.63) is 76.7 Å². The van der Waals surface area contributed by atoms with Gasteiger partial charge in [0.2, 0.25) is 5.91 Å². The lowest BCUT2D eigenvalue weighted by Crippen LogP contribution is -2.12. The molecule has 1 heterocycles. The van der Waals surface area contributed by atoms with Gasteiger partial charge in [0, 0.05) is 24.1 Å². The molecule has 0 aliphatic carbocycles. The second-order valence-electron chi connectivity index (χ2n) is 7.79. The van der Waals surface area contributed by atoms with Crippen molar-refractivity contribution in [2.45, 2.75) is 26.7 Å². The van der Waals surface area contributed by atoms with E-state index in [1.54, 1.807) is 32.2 Å². The lowest BCUT2D eigenvalue weighted by Gasteiger charge is -2.09. The summed E-state index contributed by atoms with van der Waals surface area (Å²) in [4.78, 5) is 25.4. The molecule has 7 heteroatoms. The highest BCUT2D eigenvalue weighted by atomic mass is 32.1. The first kappa shape index (κ1) is 25.2. The molecule has 0 radical (unpaired) electrons. The van der Waals surface area contributed by atoms with Gasteiger partial charge in [-0.15, -0.1) is 11.3 Å². The minimum atomic E-state index is -0.461. The van der Waals surface area contributed by atoms with Crippen molar-refractivity contribution in [1.82, 2.24) is 0 Å². The predicted octanol–water partition coefficient (Wildman–Crippen LogP) is 6.35. The van der Waals surface area contributed by atoms with Crippen LogP contribution in [0.1, 0.15) is 48.2 Å². The number of thiophene rings is 1. The fourth-order valence-corrected chi connectivity index (χ4v) is 4.20. The van der Waals surface area contributed by atoms with E-state index in [-0.39, 0.29) is 19.3 Å². The van der Waals surface area contributed by atoms with Crippen molar-refractivity contribution in [3.8, 4) is 16.9 Å². The maximum Gasteiger partial charge on any atom is 0.341 e. The highest BCUT2D eigenvalue weighted by molar-refractivity contribution is 7.15. The number of nitrogens with one attached hydrogen (secondary N) is 1. The Morgan fingerprint density at radius 3 is 2.38 bits per heavy atom. The van der Waals surface area contributed by atoms with Crippen LogP contribution >= 0.6 is 11.3 Å². The number of carbonyl (C=O) groups is 2. The summed E-state index contributed by atoms with van der Waals surface area (Å²) < 4.78 is 15.5. The van der Waals surface area contributed by atoms with Crippen LogP contribution in [0.5, 0.6) is 5.75 Å². The second-order valence-corrected chi connectivity index (χ2v) is 8.67. The molecular formula is C27H29NO5S. The topological polar surface area (TPSA) is 73.9 Å². The Bertz CT molecular complexity index is 1130. The SMILES string of the molecule is CCOC(=O)c1c(-c2ccc(C(C)C)cc2)csc1NC(=O)/C=C/c1ccc(OCOC)cc1. The number of amides is 1. The van der Waals surface area contributed by atoms with E-state index in [0.29, 0.717) is 22.2 Å². The molecule has 0 bridgehead atoms. The number of ether oxygens (including phenoxy) is 3. The van der Waals surface area contributed by atoms with Crippen LogP contribution in [0.2, 0.25) is 0 Å². The molecule has 0 fully saturated rings. The summed E-state index contributed by atoms with van der Waals surface area (Å²) in [5.74, 6) is 0.290. The van der Waals surface area contributed by atoms with Gasteiger partial charge >= 0.3 is 5.97 Å². The van der Waals surface area contributed by atoms with Crippen LogP contribution in [0.4, 0.5) is 5.00 Å².